The minimum atomic E-state index is -2.08. The summed E-state index contributed by atoms with van der Waals surface area (Å²) in [5.74, 6) is -6.05. The number of nitrogens with one attached hydrogen (secondary N) is 1. The number of hydrogen-bond donors (Lipinski definition) is 3. The number of likely N-dealkylation sites (N-methyl/N-ethyl adjacent to an activating group) is 1. The van der Waals surface area contributed by atoms with E-state index in [1.54, 1.807) is 45.5 Å². The molecule has 1 aromatic carbocycles. The minimum absolute atomic E-state index is 0.0183. The molecule has 13 atom stereocenters. The molecule has 1 aromatic heterocycles. The molecule has 2 aliphatic rings. The molecule has 2 fully saturated rings. The van der Waals surface area contributed by atoms with Crippen LogP contribution in [0.15, 0.2) is 30.5 Å². The third kappa shape index (κ3) is 12.0. The Balaban J connectivity index is 1.58. The number of nitrogens with zero attached hydrogens (tertiary/aromatic N) is 4. The van der Waals surface area contributed by atoms with Gasteiger partial charge in [-0.2, -0.15) is 0 Å². The van der Waals surface area contributed by atoms with Gasteiger partial charge in [0.15, 0.2) is 12.1 Å². The van der Waals surface area contributed by atoms with Crippen LogP contribution in [0, 0.1) is 23.7 Å². The van der Waals surface area contributed by atoms with E-state index in [-0.39, 0.29) is 43.9 Å². The molecular weight excluding hydrogens is 787 g/mol. The summed E-state index contributed by atoms with van der Waals surface area (Å²) in [6.45, 7) is 15.4. The van der Waals surface area contributed by atoms with Gasteiger partial charge in [0.05, 0.1) is 36.5 Å². The fourth-order valence-electron chi connectivity index (χ4n) is 8.83. The second-order valence-corrected chi connectivity index (χ2v) is 17.8. The molecule has 3 heterocycles. The number of unbranched alkanes of at least 4 members (excludes halogenated alkanes) is 1. The molecule has 0 aliphatic carbocycles. The van der Waals surface area contributed by atoms with E-state index in [0.717, 1.165) is 24.8 Å². The van der Waals surface area contributed by atoms with Crippen molar-refractivity contribution in [1.29, 1.82) is 0 Å². The fourth-order valence-corrected chi connectivity index (χ4v) is 8.83. The number of aliphatic hydroxyl groups is 2. The number of benzene rings is 1. The van der Waals surface area contributed by atoms with Crippen LogP contribution in [0.1, 0.15) is 100.0 Å². The molecule has 342 valence electrons. The van der Waals surface area contributed by atoms with Crippen LogP contribution < -0.4 is 5.32 Å². The Morgan fingerprint density at radius 2 is 1.67 bits per heavy atom. The second-order valence-electron chi connectivity index (χ2n) is 17.8. The van der Waals surface area contributed by atoms with Gasteiger partial charge in [0.25, 0.3) is 0 Å². The van der Waals surface area contributed by atoms with Crippen LogP contribution in [0.4, 0.5) is 4.79 Å². The van der Waals surface area contributed by atoms with Crippen LogP contribution >= 0.6 is 0 Å². The van der Waals surface area contributed by atoms with Crippen molar-refractivity contribution in [3.05, 3.63) is 36.0 Å². The van der Waals surface area contributed by atoms with Crippen LogP contribution in [0.3, 0.4) is 0 Å². The molecular formula is C45H71N5O11. The number of hydrogen-bond acceptors (Lipinski definition) is 14. The predicted molar refractivity (Wildman–Crippen MR) is 227 cm³/mol. The summed E-state index contributed by atoms with van der Waals surface area (Å²) in [5, 5.41) is 34.8. The highest BCUT2D eigenvalue weighted by molar-refractivity contribution is 6.00. The fraction of sp³-hybridized carbons (Fsp3) is 0.733. The number of carbonyl (C=O) groups excluding carboxylic acids is 4. The molecule has 0 bridgehead atoms. The van der Waals surface area contributed by atoms with Crippen LogP contribution in [0.2, 0.25) is 0 Å². The first-order valence-electron chi connectivity index (χ1n) is 21.8. The molecule has 3 N–H and O–H groups in total. The number of Topliss-reactive ketones (excluding diaryl/α,β-unsaturated/α-hetero) is 2. The molecule has 2 aliphatic heterocycles. The predicted octanol–water partition coefficient (Wildman–Crippen LogP) is 4.76. The summed E-state index contributed by atoms with van der Waals surface area (Å²) in [4.78, 5) is 57.9. The Kier molecular flexibility index (Phi) is 17.6. The summed E-state index contributed by atoms with van der Waals surface area (Å²) in [6, 6.07) is 7.88. The van der Waals surface area contributed by atoms with E-state index >= 15 is 0 Å². The van der Waals surface area contributed by atoms with Gasteiger partial charge in [0.1, 0.15) is 41.3 Å². The minimum Gasteiger partial charge on any atom is -0.459 e. The maximum absolute atomic E-state index is 14.5. The molecule has 61 heavy (non-hydrogen) atoms. The van der Waals surface area contributed by atoms with Crippen molar-refractivity contribution in [1.82, 2.24) is 25.2 Å². The zero-order chi connectivity index (χ0) is 45.4. The van der Waals surface area contributed by atoms with Crippen molar-refractivity contribution in [2.24, 2.45) is 23.7 Å². The molecule has 0 radical (unpaired) electrons. The average Bonchev–Trinajstić information content (AvgIpc) is 3.70. The van der Waals surface area contributed by atoms with E-state index in [0.29, 0.717) is 12.1 Å². The molecule has 16 nitrogen and oxygen atoms in total. The largest absolute Gasteiger partial charge is 0.459 e. The molecule has 0 unspecified atom stereocenters. The van der Waals surface area contributed by atoms with Gasteiger partial charge >= 0.3 is 12.1 Å². The van der Waals surface area contributed by atoms with Crippen LogP contribution in [-0.4, -0.2) is 136 Å². The van der Waals surface area contributed by atoms with Gasteiger partial charge in [-0.05, 0) is 79.5 Å². The van der Waals surface area contributed by atoms with Crippen LogP contribution in [0.25, 0.3) is 11.3 Å². The van der Waals surface area contributed by atoms with E-state index in [2.05, 4.69) is 34.7 Å². The topological polar surface area (TPSA) is 201 Å². The normalized spacial score (nSPS) is 34.5. The summed E-state index contributed by atoms with van der Waals surface area (Å²) in [5.41, 5.74) is -0.571. The van der Waals surface area contributed by atoms with Crippen molar-refractivity contribution in [2.75, 3.05) is 27.7 Å². The maximum atomic E-state index is 14.5. The summed E-state index contributed by atoms with van der Waals surface area (Å²) >= 11 is 0. The number of aryl methyl sites for hydroxylation is 1. The van der Waals surface area contributed by atoms with Crippen molar-refractivity contribution >= 4 is 23.6 Å². The Morgan fingerprint density at radius 1 is 1.02 bits per heavy atom. The van der Waals surface area contributed by atoms with Gasteiger partial charge in [0, 0.05) is 37.1 Å². The lowest BCUT2D eigenvalue weighted by Gasteiger charge is -2.47. The molecule has 0 saturated carbocycles. The number of cyclic esters (lactones) is 1. The Hall–Kier alpha value is -3.80. The van der Waals surface area contributed by atoms with Crippen LogP contribution in [0.5, 0.6) is 0 Å². The van der Waals surface area contributed by atoms with Gasteiger partial charge in [-0.3, -0.25) is 19.1 Å². The Morgan fingerprint density at radius 3 is 2.28 bits per heavy atom. The number of aliphatic hydroxyl groups excluding tert-OH is 1. The quantitative estimate of drug-likeness (QED) is 0.184. The number of aromatic nitrogens is 3. The van der Waals surface area contributed by atoms with Crippen molar-refractivity contribution in [3.63, 3.8) is 0 Å². The molecule has 16 heteroatoms. The third-order valence-electron chi connectivity index (χ3n) is 12.7. The number of ketones is 2. The first kappa shape index (κ1) is 49.9. The maximum Gasteiger partial charge on any atom is 0.407 e. The molecule has 2 saturated heterocycles. The van der Waals surface area contributed by atoms with Gasteiger partial charge in [-0.1, -0.05) is 70.5 Å². The molecule has 2 aromatic rings. The van der Waals surface area contributed by atoms with Crippen molar-refractivity contribution in [3.8, 4) is 11.3 Å². The van der Waals surface area contributed by atoms with Gasteiger partial charge in [-0.25, -0.2) is 4.79 Å². The zero-order valence-electron chi connectivity index (χ0n) is 38.3. The highest BCUT2D eigenvalue weighted by Gasteiger charge is 2.53. The first-order valence-corrected chi connectivity index (χ1v) is 21.8. The number of alkyl carbamates (subject to hydrolysis) is 1. The number of ether oxygens (including phenoxy) is 5. The lowest BCUT2D eigenvalue weighted by atomic mass is 9.74. The van der Waals surface area contributed by atoms with E-state index in [1.807, 2.05) is 38.1 Å². The molecule has 4 rings (SSSR count). The highest BCUT2D eigenvalue weighted by Crippen LogP contribution is 2.39. The van der Waals surface area contributed by atoms with E-state index in [1.165, 1.54) is 26.5 Å². The average molecular weight is 858 g/mol. The third-order valence-corrected chi connectivity index (χ3v) is 12.7. The van der Waals surface area contributed by atoms with E-state index < -0.39 is 83.4 Å². The Labute approximate surface area is 361 Å². The highest BCUT2D eigenvalue weighted by atomic mass is 16.7. The second kappa shape index (κ2) is 21.5. The van der Waals surface area contributed by atoms with Gasteiger partial charge in [-0.15, -0.1) is 5.10 Å². The van der Waals surface area contributed by atoms with Gasteiger partial charge in [0.2, 0.25) is 0 Å². The van der Waals surface area contributed by atoms with Gasteiger partial charge < -0.3 is 44.1 Å². The van der Waals surface area contributed by atoms with E-state index in [9.17, 15) is 29.4 Å². The zero-order valence-corrected chi connectivity index (χ0v) is 38.3. The summed E-state index contributed by atoms with van der Waals surface area (Å²) in [7, 11) is 5.14. The first-order chi connectivity index (χ1) is 28.7. The number of esters is 1. The lowest BCUT2D eigenvalue weighted by Crippen LogP contribution is -2.60. The number of rotatable bonds is 13. The standard InChI is InChI=1S/C45H71N5O11/c1-13-15-16-31-17-19-32(20-18-31)33-25-50(48-47-33)22-21-46-43(55)61-40-28(5)36(51)26(3)24-44(8,57-12)39(60-42-38(53)34(49(10)11)23-27(4)58-42)29(6)37(52)30(7)41(54)59-35(14-2)45(40,9)56/h17-20,25-30,34-35,38-40,42,53,56H,13-16,21-24H2,1-12H3,(H,46,55)/t26-,27+,28+,29+,30-,34-,35-,38+,39-,40-,42-,44-,45-/m1/s1. The number of amides is 1. The molecule has 1 amide bonds. The molecule has 0 spiro atoms. The number of methoxy groups -OCH3 is 1. The van der Waals surface area contributed by atoms with Crippen molar-refractivity contribution < 1.29 is 53.1 Å². The van der Waals surface area contributed by atoms with Crippen LogP contribution in [-0.2, 0) is 51.0 Å². The summed E-state index contributed by atoms with van der Waals surface area (Å²) in [6.07, 6.45) is -1.67. The van der Waals surface area contributed by atoms with E-state index in [4.69, 9.17) is 23.7 Å². The van der Waals surface area contributed by atoms with Crippen molar-refractivity contribution in [2.45, 2.75) is 161 Å². The SMILES string of the molecule is CCCCc1ccc(-c2cn(CCNC(=O)O[C@@H]3[C@@H](C)C(=O)[C@H](C)C[C@@](C)(OC)[C@H](O[C@H]4O[C@@H](C)C[C@@H](N(C)C)[C@@H]4O)[C@@H](C)C(=O)[C@@H](C)C(=O)O[C@H](CC)[C@@]3(C)O)nn2)cc1. The monoisotopic (exact) mass is 858 g/mol. The number of carbonyl (C=O) groups is 4. The Bertz CT molecular complexity index is 1770. The lowest BCUT2D eigenvalue weighted by molar-refractivity contribution is -0.295. The summed E-state index contributed by atoms with van der Waals surface area (Å²) < 4.78 is 32.1. The smallest absolute Gasteiger partial charge is 0.407 e.